The van der Waals surface area contributed by atoms with Crippen molar-refractivity contribution in [3.63, 3.8) is 0 Å². The predicted octanol–water partition coefficient (Wildman–Crippen LogP) is 3.17. The van der Waals surface area contributed by atoms with E-state index in [1.165, 1.54) is 0 Å². The molecule has 128 valence electrons. The maximum atomic E-state index is 12.1. The first-order chi connectivity index (χ1) is 11.7. The van der Waals surface area contributed by atoms with Crippen molar-refractivity contribution in [1.29, 1.82) is 0 Å². The average molecular weight is 348 g/mol. The lowest BCUT2D eigenvalue weighted by Gasteiger charge is -2.19. The van der Waals surface area contributed by atoms with E-state index in [0.29, 0.717) is 42.0 Å². The summed E-state index contributed by atoms with van der Waals surface area (Å²) in [6.45, 7) is 0.634. The molecule has 0 spiro atoms. The van der Waals surface area contributed by atoms with Crippen molar-refractivity contribution in [2.24, 2.45) is 11.7 Å². The second-order valence-corrected chi connectivity index (χ2v) is 6.66. The van der Waals surface area contributed by atoms with Crippen molar-refractivity contribution >= 4 is 17.5 Å². The highest BCUT2D eigenvalue weighted by Crippen LogP contribution is 2.25. The van der Waals surface area contributed by atoms with Crippen molar-refractivity contribution in [2.45, 2.75) is 38.1 Å². The number of nitrogens with one attached hydrogen (secondary N) is 1. The summed E-state index contributed by atoms with van der Waals surface area (Å²) in [7, 11) is 0. The molecule has 1 aliphatic carbocycles. The van der Waals surface area contributed by atoms with Crippen LogP contribution in [-0.4, -0.2) is 23.5 Å². The van der Waals surface area contributed by atoms with Gasteiger partial charge in [0.15, 0.2) is 11.7 Å². The van der Waals surface area contributed by atoms with Gasteiger partial charge in [-0.15, -0.1) is 0 Å². The monoisotopic (exact) mass is 347 g/mol. The van der Waals surface area contributed by atoms with Gasteiger partial charge in [-0.3, -0.25) is 4.79 Å². The molecule has 1 amide bonds. The molecule has 1 aromatic heterocycles. The fourth-order valence-electron chi connectivity index (χ4n) is 3.18. The Hall–Kier alpha value is -1.85. The van der Waals surface area contributed by atoms with E-state index in [1.807, 2.05) is 24.3 Å². The second-order valence-electron chi connectivity index (χ2n) is 6.23. The summed E-state index contributed by atoms with van der Waals surface area (Å²) in [5.74, 6) is 1.69. The standard InChI is InChI=1S/C18H22ClN3O2/c19-14-6-4-12(5-7-14)16-11-21-18(24-16)9-8-17(23)22-15-3-1-2-13(15)10-20/h4-7,11,13,15H,1-3,8-10,20H2,(H,22,23). The molecule has 0 bridgehead atoms. The van der Waals surface area contributed by atoms with Crippen LogP contribution < -0.4 is 11.1 Å². The molecule has 2 aromatic rings. The van der Waals surface area contributed by atoms with E-state index in [2.05, 4.69) is 10.3 Å². The first-order valence-corrected chi connectivity index (χ1v) is 8.73. The Balaban J connectivity index is 1.52. The minimum Gasteiger partial charge on any atom is -0.441 e. The molecule has 2 unspecified atom stereocenters. The van der Waals surface area contributed by atoms with E-state index in [0.717, 1.165) is 24.8 Å². The number of amides is 1. The number of rotatable bonds is 6. The molecule has 1 saturated carbocycles. The van der Waals surface area contributed by atoms with E-state index >= 15 is 0 Å². The Morgan fingerprint density at radius 1 is 1.33 bits per heavy atom. The van der Waals surface area contributed by atoms with Gasteiger partial charge in [-0.1, -0.05) is 18.0 Å². The van der Waals surface area contributed by atoms with Gasteiger partial charge in [0.2, 0.25) is 5.91 Å². The lowest BCUT2D eigenvalue weighted by Crippen LogP contribution is -2.39. The smallest absolute Gasteiger partial charge is 0.220 e. The molecule has 1 fully saturated rings. The van der Waals surface area contributed by atoms with Crippen LogP contribution >= 0.6 is 11.6 Å². The van der Waals surface area contributed by atoms with Crippen LogP contribution in [0.2, 0.25) is 5.02 Å². The van der Waals surface area contributed by atoms with E-state index in [-0.39, 0.29) is 11.9 Å². The number of aryl methyl sites for hydroxylation is 1. The molecule has 5 nitrogen and oxygen atoms in total. The number of oxazole rings is 1. The maximum Gasteiger partial charge on any atom is 0.220 e. The number of benzene rings is 1. The third-order valence-corrected chi connectivity index (χ3v) is 4.81. The number of nitrogens with two attached hydrogens (primary N) is 1. The Bertz CT molecular complexity index is 684. The van der Waals surface area contributed by atoms with Gasteiger partial charge in [0.25, 0.3) is 0 Å². The van der Waals surface area contributed by atoms with Crippen LogP contribution in [0.4, 0.5) is 0 Å². The number of halogens is 1. The first-order valence-electron chi connectivity index (χ1n) is 8.36. The Kier molecular flexibility index (Phi) is 5.53. The van der Waals surface area contributed by atoms with E-state index in [9.17, 15) is 4.79 Å². The summed E-state index contributed by atoms with van der Waals surface area (Å²) in [5.41, 5.74) is 6.66. The molecular weight excluding hydrogens is 326 g/mol. The predicted molar refractivity (Wildman–Crippen MR) is 93.6 cm³/mol. The molecule has 6 heteroatoms. The molecule has 1 aromatic carbocycles. The summed E-state index contributed by atoms with van der Waals surface area (Å²) in [4.78, 5) is 16.4. The van der Waals surface area contributed by atoms with Gasteiger partial charge in [-0.25, -0.2) is 4.98 Å². The van der Waals surface area contributed by atoms with Crippen molar-refractivity contribution in [3.05, 3.63) is 41.4 Å². The quantitative estimate of drug-likeness (QED) is 0.841. The normalized spacial score (nSPS) is 20.2. The van der Waals surface area contributed by atoms with E-state index in [4.69, 9.17) is 21.8 Å². The molecular formula is C18H22ClN3O2. The molecule has 1 heterocycles. The van der Waals surface area contributed by atoms with Crippen molar-refractivity contribution in [1.82, 2.24) is 10.3 Å². The topological polar surface area (TPSA) is 81.1 Å². The van der Waals surface area contributed by atoms with E-state index in [1.54, 1.807) is 6.20 Å². The van der Waals surface area contributed by atoms with Crippen LogP contribution in [0.1, 0.15) is 31.6 Å². The zero-order chi connectivity index (χ0) is 16.9. The number of hydrogen-bond acceptors (Lipinski definition) is 4. The number of hydrogen-bond donors (Lipinski definition) is 2. The number of nitrogens with zero attached hydrogens (tertiary/aromatic N) is 1. The summed E-state index contributed by atoms with van der Waals surface area (Å²) < 4.78 is 5.72. The first kappa shape index (κ1) is 17.0. The Morgan fingerprint density at radius 2 is 2.12 bits per heavy atom. The molecule has 2 atom stereocenters. The van der Waals surface area contributed by atoms with Crippen molar-refractivity contribution in [2.75, 3.05) is 6.54 Å². The SMILES string of the molecule is NCC1CCCC1NC(=O)CCc1ncc(-c2ccc(Cl)cc2)o1. The van der Waals surface area contributed by atoms with Crippen LogP contribution in [0, 0.1) is 5.92 Å². The zero-order valence-electron chi connectivity index (χ0n) is 13.5. The number of carbonyl (C=O) groups excluding carboxylic acids is 1. The minimum absolute atomic E-state index is 0.0339. The summed E-state index contributed by atoms with van der Waals surface area (Å²) >= 11 is 5.88. The molecule has 3 N–H and O–H groups in total. The molecule has 3 rings (SSSR count). The highest BCUT2D eigenvalue weighted by Gasteiger charge is 2.27. The summed E-state index contributed by atoms with van der Waals surface area (Å²) in [5, 5.41) is 3.77. The highest BCUT2D eigenvalue weighted by atomic mass is 35.5. The van der Waals surface area contributed by atoms with Crippen LogP contribution in [0.5, 0.6) is 0 Å². The van der Waals surface area contributed by atoms with Gasteiger partial charge >= 0.3 is 0 Å². The maximum absolute atomic E-state index is 12.1. The molecule has 0 saturated heterocycles. The zero-order valence-corrected chi connectivity index (χ0v) is 14.3. The van der Waals surface area contributed by atoms with E-state index < -0.39 is 0 Å². The van der Waals surface area contributed by atoms with Gasteiger partial charge < -0.3 is 15.5 Å². The largest absolute Gasteiger partial charge is 0.441 e. The number of carbonyl (C=O) groups is 1. The molecule has 1 aliphatic rings. The summed E-state index contributed by atoms with van der Waals surface area (Å²) in [6.07, 6.45) is 5.79. The highest BCUT2D eigenvalue weighted by molar-refractivity contribution is 6.30. The number of aromatic nitrogens is 1. The summed E-state index contributed by atoms with van der Waals surface area (Å²) in [6, 6.07) is 7.60. The van der Waals surface area contributed by atoms with Gasteiger partial charge in [0, 0.05) is 29.5 Å². The second kappa shape index (κ2) is 7.81. The van der Waals surface area contributed by atoms with Gasteiger partial charge in [-0.05, 0) is 49.6 Å². The van der Waals surface area contributed by atoms with Crippen LogP contribution in [0.3, 0.4) is 0 Å². The lowest BCUT2D eigenvalue weighted by atomic mass is 10.0. The Labute approximate surface area is 146 Å². The van der Waals surface area contributed by atoms with Crippen LogP contribution in [0.25, 0.3) is 11.3 Å². The fraction of sp³-hybridized carbons (Fsp3) is 0.444. The van der Waals surface area contributed by atoms with Crippen molar-refractivity contribution in [3.8, 4) is 11.3 Å². The third-order valence-electron chi connectivity index (χ3n) is 4.56. The molecule has 0 aliphatic heterocycles. The molecule has 24 heavy (non-hydrogen) atoms. The Morgan fingerprint density at radius 3 is 2.88 bits per heavy atom. The van der Waals surface area contributed by atoms with Crippen LogP contribution in [0.15, 0.2) is 34.9 Å². The van der Waals surface area contributed by atoms with Gasteiger partial charge in [0.1, 0.15) is 0 Å². The molecule has 0 radical (unpaired) electrons. The minimum atomic E-state index is 0.0339. The van der Waals surface area contributed by atoms with Crippen LogP contribution in [-0.2, 0) is 11.2 Å². The lowest BCUT2D eigenvalue weighted by molar-refractivity contribution is -0.122. The third kappa shape index (κ3) is 4.16. The fourth-order valence-corrected chi connectivity index (χ4v) is 3.31. The van der Waals surface area contributed by atoms with Gasteiger partial charge in [-0.2, -0.15) is 0 Å². The van der Waals surface area contributed by atoms with Crippen molar-refractivity contribution < 1.29 is 9.21 Å². The average Bonchev–Trinajstić information content (AvgIpc) is 3.22. The van der Waals surface area contributed by atoms with Gasteiger partial charge in [0.05, 0.1) is 6.20 Å².